The molecule has 4 heteroatoms. The van der Waals surface area contributed by atoms with Crippen molar-refractivity contribution in [2.24, 2.45) is 5.84 Å². The molecular formula is C16H19ClN2O. The number of halogens is 1. The maximum Gasteiger partial charge on any atom is 0.119 e. The number of rotatable bonds is 5. The molecule has 2 aromatic carbocycles. The third kappa shape index (κ3) is 3.51. The Labute approximate surface area is 124 Å². The quantitative estimate of drug-likeness (QED) is 0.654. The molecule has 0 saturated heterocycles. The Morgan fingerprint density at radius 2 is 1.85 bits per heavy atom. The molecular weight excluding hydrogens is 272 g/mol. The van der Waals surface area contributed by atoms with Crippen molar-refractivity contribution in [3.05, 3.63) is 64.2 Å². The summed E-state index contributed by atoms with van der Waals surface area (Å²) in [5, 5.41) is 0.695. The second kappa shape index (κ2) is 6.75. The van der Waals surface area contributed by atoms with Crippen molar-refractivity contribution in [1.82, 2.24) is 5.43 Å². The molecule has 0 spiro atoms. The molecule has 1 unspecified atom stereocenters. The van der Waals surface area contributed by atoms with Gasteiger partial charge in [-0.25, -0.2) is 5.43 Å². The number of nitrogens with two attached hydrogens (primary N) is 1. The lowest BCUT2D eigenvalue weighted by Crippen LogP contribution is -2.33. The van der Waals surface area contributed by atoms with Gasteiger partial charge in [0.25, 0.3) is 0 Å². The van der Waals surface area contributed by atoms with Crippen molar-refractivity contribution in [3.63, 3.8) is 0 Å². The monoisotopic (exact) mass is 290 g/mol. The maximum absolute atomic E-state index is 5.85. The van der Waals surface area contributed by atoms with Gasteiger partial charge in [-0.15, -0.1) is 0 Å². The van der Waals surface area contributed by atoms with E-state index in [0.29, 0.717) is 11.6 Å². The summed E-state index contributed by atoms with van der Waals surface area (Å²) in [6.45, 7) is 4.65. The van der Waals surface area contributed by atoms with Crippen molar-refractivity contribution in [1.29, 1.82) is 0 Å². The lowest BCUT2D eigenvalue weighted by Gasteiger charge is -2.20. The van der Waals surface area contributed by atoms with Gasteiger partial charge in [0.05, 0.1) is 6.04 Å². The Kier molecular flexibility index (Phi) is 5.01. The van der Waals surface area contributed by atoms with E-state index in [1.165, 1.54) is 11.1 Å². The van der Waals surface area contributed by atoms with Gasteiger partial charge in [-0.1, -0.05) is 29.8 Å². The van der Waals surface area contributed by atoms with Gasteiger partial charge in [0.15, 0.2) is 0 Å². The molecule has 0 saturated carbocycles. The summed E-state index contributed by atoms with van der Waals surface area (Å²) in [4.78, 5) is 0. The third-order valence-corrected chi connectivity index (χ3v) is 3.71. The second-order valence-electron chi connectivity index (χ2n) is 4.77. The van der Waals surface area contributed by atoms with Gasteiger partial charge in [0.1, 0.15) is 12.4 Å². The van der Waals surface area contributed by atoms with Crippen LogP contribution in [-0.4, -0.2) is 6.61 Å². The molecule has 0 radical (unpaired) electrons. The molecule has 20 heavy (non-hydrogen) atoms. The van der Waals surface area contributed by atoms with Gasteiger partial charge in [-0.2, -0.15) is 0 Å². The van der Waals surface area contributed by atoms with Crippen molar-refractivity contribution in [2.75, 3.05) is 6.61 Å². The number of hydrazine groups is 1. The van der Waals surface area contributed by atoms with Crippen LogP contribution in [0.15, 0.2) is 42.5 Å². The smallest absolute Gasteiger partial charge is 0.119 e. The summed E-state index contributed by atoms with van der Waals surface area (Å²) in [6, 6.07) is 13.4. The number of ether oxygens (including phenoxy) is 1. The molecule has 106 valence electrons. The largest absolute Gasteiger partial charge is 0.492 e. The van der Waals surface area contributed by atoms with Crippen LogP contribution in [0.25, 0.3) is 0 Å². The molecule has 2 aromatic rings. The maximum atomic E-state index is 5.85. The van der Waals surface area contributed by atoms with E-state index < -0.39 is 0 Å². The number of hydrogen-bond donors (Lipinski definition) is 2. The van der Waals surface area contributed by atoms with Crippen LogP contribution in [0.3, 0.4) is 0 Å². The van der Waals surface area contributed by atoms with Gasteiger partial charge < -0.3 is 4.74 Å². The molecule has 0 bridgehead atoms. The summed E-state index contributed by atoms with van der Waals surface area (Å²) in [6.07, 6.45) is 0. The minimum atomic E-state index is -0.0504. The molecule has 0 aliphatic carbocycles. The molecule has 2 rings (SSSR count). The normalized spacial score (nSPS) is 12.2. The fourth-order valence-corrected chi connectivity index (χ4v) is 2.22. The van der Waals surface area contributed by atoms with Gasteiger partial charge in [-0.3, -0.25) is 5.84 Å². The molecule has 3 N–H and O–H groups in total. The fraction of sp³-hybridized carbons (Fsp3) is 0.250. The third-order valence-electron chi connectivity index (χ3n) is 3.45. The molecule has 1 atom stereocenters. The van der Waals surface area contributed by atoms with E-state index in [-0.39, 0.29) is 6.04 Å². The topological polar surface area (TPSA) is 47.3 Å². The number of hydrogen-bond acceptors (Lipinski definition) is 3. The predicted octanol–water partition coefficient (Wildman–Crippen LogP) is 3.54. The van der Waals surface area contributed by atoms with Crippen LogP contribution in [0.1, 0.15) is 22.7 Å². The van der Waals surface area contributed by atoms with Crippen LogP contribution in [0, 0.1) is 13.8 Å². The second-order valence-corrected chi connectivity index (χ2v) is 5.21. The number of nitrogens with one attached hydrogen (secondary N) is 1. The van der Waals surface area contributed by atoms with Crippen LogP contribution >= 0.6 is 11.6 Å². The highest BCUT2D eigenvalue weighted by Gasteiger charge is 2.14. The molecule has 0 aromatic heterocycles. The van der Waals surface area contributed by atoms with Crippen molar-refractivity contribution in [2.45, 2.75) is 19.9 Å². The Balaban J connectivity index is 2.09. The standard InChI is InChI=1S/C16H19ClN2O/c1-11-4-3-5-15(12(11)2)16(19-18)10-20-14-8-6-13(17)7-9-14/h3-9,16,19H,10,18H2,1-2H3. The Morgan fingerprint density at radius 1 is 1.15 bits per heavy atom. The van der Waals surface area contributed by atoms with Crippen molar-refractivity contribution >= 4 is 11.6 Å². The summed E-state index contributed by atoms with van der Waals surface area (Å²) < 4.78 is 5.76. The van der Waals surface area contributed by atoms with Crippen LogP contribution in [0.4, 0.5) is 0 Å². The first-order valence-corrected chi connectivity index (χ1v) is 6.90. The Hall–Kier alpha value is -1.55. The average Bonchev–Trinajstić information content (AvgIpc) is 2.45. The highest BCUT2D eigenvalue weighted by molar-refractivity contribution is 6.30. The first-order chi connectivity index (χ1) is 9.61. The summed E-state index contributed by atoms with van der Waals surface area (Å²) >= 11 is 5.85. The highest BCUT2D eigenvalue weighted by Crippen LogP contribution is 2.22. The van der Waals surface area contributed by atoms with E-state index in [1.807, 2.05) is 18.2 Å². The van der Waals surface area contributed by atoms with E-state index >= 15 is 0 Å². The van der Waals surface area contributed by atoms with Crippen LogP contribution < -0.4 is 16.0 Å². The first-order valence-electron chi connectivity index (χ1n) is 6.52. The summed E-state index contributed by atoms with van der Waals surface area (Å²) in [7, 11) is 0. The van der Waals surface area contributed by atoms with Crippen molar-refractivity contribution in [3.8, 4) is 5.75 Å². The van der Waals surface area contributed by atoms with Crippen LogP contribution in [0.5, 0.6) is 5.75 Å². The first kappa shape index (κ1) is 14.9. The minimum Gasteiger partial charge on any atom is -0.492 e. The average molecular weight is 291 g/mol. The molecule has 3 nitrogen and oxygen atoms in total. The molecule has 0 amide bonds. The van der Waals surface area contributed by atoms with E-state index in [0.717, 1.165) is 11.3 Å². The number of benzene rings is 2. The van der Waals surface area contributed by atoms with Crippen LogP contribution in [0.2, 0.25) is 5.02 Å². The van der Waals surface area contributed by atoms with Gasteiger partial charge in [0.2, 0.25) is 0 Å². The lowest BCUT2D eigenvalue weighted by atomic mass is 9.98. The predicted molar refractivity (Wildman–Crippen MR) is 82.9 cm³/mol. The number of aryl methyl sites for hydroxylation is 1. The van der Waals surface area contributed by atoms with Crippen LogP contribution in [-0.2, 0) is 0 Å². The van der Waals surface area contributed by atoms with E-state index in [2.05, 4.69) is 31.4 Å². The molecule has 0 heterocycles. The lowest BCUT2D eigenvalue weighted by molar-refractivity contribution is 0.267. The van der Waals surface area contributed by atoms with E-state index in [4.69, 9.17) is 22.2 Å². The molecule has 0 fully saturated rings. The fourth-order valence-electron chi connectivity index (χ4n) is 2.09. The summed E-state index contributed by atoms with van der Waals surface area (Å²) in [5.74, 6) is 6.44. The Morgan fingerprint density at radius 3 is 2.50 bits per heavy atom. The summed E-state index contributed by atoms with van der Waals surface area (Å²) in [5.41, 5.74) is 6.45. The zero-order valence-corrected chi connectivity index (χ0v) is 12.4. The van der Waals surface area contributed by atoms with Gasteiger partial charge in [0, 0.05) is 5.02 Å². The van der Waals surface area contributed by atoms with Gasteiger partial charge >= 0.3 is 0 Å². The van der Waals surface area contributed by atoms with Crippen molar-refractivity contribution < 1.29 is 4.74 Å². The molecule has 0 aliphatic heterocycles. The van der Waals surface area contributed by atoms with E-state index in [1.54, 1.807) is 12.1 Å². The molecule has 0 aliphatic rings. The zero-order chi connectivity index (χ0) is 14.5. The Bertz CT molecular complexity index is 569. The highest BCUT2D eigenvalue weighted by atomic mass is 35.5. The SMILES string of the molecule is Cc1cccc(C(COc2ccc(Cl)cc2)NN)c1C. The van der Waals surface area contributed by atoms with Gasteiger partial charge in [-0.05, 0) is 54.8 Å². The van der Waals surface area contributed by atoms with E-state index in [9.17, 15) is 0 Å². The minimum absolute atomic E-state index is 0.0504. The zero-order valence-electron chi connectivity index (χ0n) is 11.7.